The molecule has 0 amide bonds. The number of carbonyl (C=O) groups is 1. The van der Waals surface area contributed by atoms with E-state index >= 15 is 0 Å². The first-order chi connectivity index (χ1) is 7.79. The maximum Gasteiger partial charge on any atom is 0.319 e. The molecule has 1 unspecified atom stereocenters. The lowest BCUT2D eigenvalue weighted by Gasteiger charge is -2.30. The number of rotatable bonds is 3. The second-order valence-corrected chi connectivity index (χ2v) is 4.12. The molecule has 0 aliphatic carbocycles. The number of ether oxygens (including phenoxy) is 1. The number of esters is 1. The molecule has 1 aromatic rings. The lowest BCUT2D eigenvalue weighted by Crippen LogP contribution is -2.38. The SMILES string of the molecule is COC(=O)CN1CCCC(c2ncc[nH]2)C1. The highest BCUT2D eigenvalue weighted by atomic mass is 16.5. The van der Waals surface area contributed by atoms with Crippen LogP contribution in [0.15, 0.2) is 12.4 Å². The molecule has 0 spiro atoms. The van der Waals surface area contributed by atoms with Crippen LogP contribution in [0.4, 0.5) is 0 Å². The average Bonchev–Trinajstić information content (AvgIpc) is 2.83. The van der Waals surface area contributed by atoms with Crippen molar-refractivity contribution in [3.8, 4) is 0 Å². The highest BCUT2D eigenvalue weighted by molar-refractivity contribution is 5.71. The summed E-state index contributed by atoms with van der Waals surface area (Å²) < 4.78 is 4.67. The van der Waals surface area contributed by atoms with Gasteiger partial charge in [0.15, 0.2) is 0 Å². The van der Waals surface area contributed by atoms with E-state index in [-0.39, 0.29) is 5.97 Å². The quantitative estimate of drug-likeness (QED) is 0.769. The Morgan fingerprint density at radius 3 is 3.31 bits per heavy atom. The van der Waals surface area contributed by atoms with Crippen molar-refractivity contribution in [1.29, 1.82) is 0 Å². The Bertz CT molecular complexity index is 337. The standard InChI is InChI=1S/C11H17N3O2/c1-16-10(15)8-14-6-2-3-9(7-14)11-12-4-5-13-11/h4-5,9H,2-3,6-8H2,1H3,(H,12,13). The van der Waals surface area contributed by atoms with Crippen LogP contribution in [0.3, 0.4) is 0 Å². The van der Waals surface area contributed by atoms with Gasteiger partial charge in [0.2, 0.25) is 0 Å². The summed E-state index contributed by atoms with van der Waals surface area (Å²) in [6.07, 6.45) is 5.84. The van der Waals surface area contributed by atoms with Crippen molar-refractivity contribution in [2.24, 2.45) is 0 Å². The van der Waals surface area contributed by atoms with Crippen LogP contribution in [0.2, 0.25) is 0 Å². The fourth-order valence-corrected chi connectivity index (χ4v) is 2.17. The number of H-pyrrole nitrogens is 1. The number of aromatic nitrogens is 2. The van der Waals surface area contributed by atoms with E-state index in [1.165, 1.54) is 7.11 Å². The van der Waals surface area contributed by atoms with E-state index in [9.17, 15) is 4.79 Å². The van der Waals surface area contributed by atoms with Gasteiger partial charge in [0.25, 0.3) is 0 Å². The summed E-state index contributed by atoms with van der Waals surface area (Å²) in [5.74, 6) is 1.27. The minimum Gasteiger partial charge on any atom is -0.468 e. The summed E-state index contributed by atoms with van der Waals surface area (Å²) in [6.45, 7) is 2.22. The molecule has 1 saturated heterocycles. The maximum atomic E-state index is 11.2. The topological polar surface area (TPSA) is 58.2 Å². The lowest BCUT2D eigenvalue weighted by molar-refractivity contribution is -0.142. The van der Waals surface area contributed by atoms with Gasteiger partial charge in [-0.25, -0.2) is 4.98 Å². The zero-order chi connectivity index (χ0) is 11.4. The first-order valence-corrected chi connectivity index (χ1v) is 5.58. The van der Waals surface area contributed by atoms with Gasteiger partial charge in [-0.3, -0.25) is 9.69 Å². The molecule has 16 heavy (non-hydrogen) atoms. The Balaban J connectivity index is 1.91. The Hall–Kier alpha value is -1.36. The van der Waals surface area contributed by atoms with E-state index < -0.39 is 0 Å². The Morgan fingerprint density at radius 2 is 2.62 bits per heavy atom. The zero-order valence-electron chi connectivity index (χ0n) is 9.48. The molecule has 1 aliphatic rings. The van der Waals surface area contributed by atoms with Gasteiger partial charge in [0, 0.05) is 24.9 Å². The predicted octanol–water partition coefficient (Wildman–Crippen LogP) is 0.762. The summed E-state index contributed by atoms with van der Waals surface area (Å²) in [6, 6.07) is 0. The Morgan fingerprint density at radius 1 is 1.75 bits per heavy atom. The summed E-state index contributed by atoms with van der Waals surface area (Å²) in [5, 5.41) is 0. The van der Waals surface area contributed by atoms with Crippen molar-refractivity contribution < 1.29 is 9.53 Å². The Kier molecular flexibility index (Phi) is 3.56. The number of aromatic amines is 1. The van der Waals surface area contributed by atoms with Crippen LogP contribution in [0.25, 0.3) is 0 Å². The largest absolute Gasteiger partial charge is 0.468 e. The normalized spacial score (nSPS) is 21.9. The van der Waals surface area contributed by atoms with E-state index in [0.717, 1.165) is 31.8 Å². The van der Waals surface area contributed by atoms with Gasteiger partial charge in [-0.2, -0.15) is 0 Å². The number of nitrogens with zero attached hydrogens (tertiary/aromatic N) is 2. The fourth-order valence-electron chi connectivity index (χ4n) is 2.17. The van der Waals surface area contributed by atoms with Crippen LogP contribution in [-0.2, 0) is 9.53 Å². The number of hydrogen-bond acceptors (Lipinski definition) is 4. The number of imidazole rings is 1. The van der Waals surface area contributed by atoms with Crippen LogP contribution in [0, 0.1) is 0 Å². The fraction of sp³-hybridized carbons (Fsp3) is 0.636. The Labute approximate surface area is 94.8 Å². The first-order valence-electron chi connectivity index (χ1n) is 5.58. The summed E-state index contributed by atoms with van der Waals surface area (Å²) >= 11 is 0. The number of likely N-dealkylation sites (tertiary alicyclic amines) is 1. The number of methoxy groups -OCH3 is 1. The molecule has 1 fully saturated rings. The maximum absolute atomic E-state index is 11.2. The zero-order valence-corrected chi connectivity index (χ0v) is 9.48. The molecule has 88 valence electrons. The molecule has 5 nitrogen and oxygen atoms in total. The minimum absolute atomic E-state index is 0.167. The highest BCUT2D eigenvalue weighted by Gasteiger charge is 2.24. The first kappa shape index (κ1) is 11.1. The second-order valence-electron chi connectivity index (χ2n) is 4.12. The van der Waals surface area contributed by atoms with Crippen molar-refractivity contribution in [3.63, 3.8) is 0 Å². The number of piperidine rings is 1. The van der Waals surface area contributed by atoms with Gasteiger partial charge in [0.05, 0.1) is 13.7 Å². The minimum atomic E-state index is -0.167. The summed E-state index contributed by atoms with van der Waals surface area (Å²) in [7, 11) is 1.43. The van der Waals surface area contributed by atoms with Gasteiger partial charge in [0.1, 0.15) is 5.82 Å². The van der Waals surface area contributed by atoms with Crippen molar-refractivity contribution in [3.05, 3.63) is 18.2 Å². The third kappa shape index (κ3) is 2.61. The molecular weight excluding hydrogens is 206 g/mol. The average molecular weight is 223 g/mol. The van der Waals surface area contributed by atoms with Gasteiger partial charge < -0.3 is 9.72 Å². The lowest BCUT2D eigenvalue weighted by atomic mass is 9.97. The molecule has 0 aromatic carbocycles. The van der Waals surface area contributed by atoms with Crippen molar-refractivity contribution in [2.45, 2.75) is 18.8 Å². The van der Waals surface area contributed by atoms with Crippen LogP contribution >= 0.6 is 0 Å². The summed E-state index contributed by atoms with van der Waals surface area (Å²) in [5.41, 5.74) is 0. The smallest absolute Gasteiger partial charge is 0.319 e. The van der Waals surface area contributed by atoms with Crippen LogP contribution in [-0.4, -0.2) is 47.6 Å². The number of nitrogens with one attached hydrogen (secondary N) is 1. The van der Waals surface area contributed by atoms with Crippen molar-refractivity contribution in [1.82, 2.24) is 14.9 Å². The molecule has 2 rings (SSSR count). The third-order valence-electron chi connectivity index (χ3n) is 2.99. The molecule has 1 aliphatic heterocycles. The monoisotopic (exact) mass is 223 g/mol. The molecule has 1 N–H and O–H groups in total. The van der Waals surface area contributed by atoms with E-state index in [1.807, 2.05) is 6.20 Å². The van der Waals surface area contributed by atoms with Crippen LogP contribution in [0.5, 0.6) is 0 Å². The van der Waals surface area contributed by atoms with Crippen LogP contribution in [0.1, 0.15) is 24.6 Å². The second kappa shape index (κ2) is 5.12. The van der Waals surface area contributed by atoms with E-state index in [1.54, 1.807) is 6.20 Å². The van der Waals surface area contributed by atoms with E-state index in [0.29, 0.717) is 12.5 Å². The molecule has 0 saturated carbocycles. The van der Waals surface area contributed by atoms with Crippen LogP contribution < -0.4 is 0 Å². The molecular formula is C11H17N3O2. The van der Waals surface area contributed by atoms with Gasteiger partial charge in [-0.1, -0.05) is 0 Å². The van der Waals surface area contributed by atoms with E-state index in [4.69, 9.17) is 0 Å². The molecule has 0 bridgehead atoms. The highest BCUT2D eigenvalue weighted by Crippen LogP contribution is 2.23. The number of hydrogen-bond donors (Lipinski definition) is 1. The van der Waals surface area contributed by atoms with Crippen molar-refractivity contribution in [2.75, 3.05) is 26.7 Å². The molecule has 0 radical (unpaired) electrons. The van der Waals surface area contributed by atoms with Gasteiger partial charge in [-0.05, 0) is 19.4 Å². The predicted molar refractivity (Wildman–Crippen MR) is 59.0 cm³/mol. The van der Waals surface area contributed by atoms with E-state index in [2.05, 4.69) is 19.6 Å². The molecule has 2 heterocycles. The van der Waals surface area contributed by atoms with Gasteiger partial charge in [-0.15, -0.1) is 0 Å². The molecule has 5 heteroatoms. The third-order valence-corrected chi connectivity index (χ3v) is 2.99. The van der Waals surface area contributed by atoms with Gasteiger partial charge >= 0.3 is 5.97 Å². The molecule has 1 aromatic heterocycles. The molecule has 1 atom stereocenters. The van der Waals surface area contributed by atoms with Crippen molar-refractivity contribution >= 4 is 5.97 Å². The summed E-state index contributed by atoms with van der Waals surface area (Å²) in [4.78, 5) is 20.7. The number of carbonyl (C=O) groups excluding carboxylic acids is 1.